The van der Waals surface area contributed by atoms with Gasteiger partial charge in [-0.2, -0.15) is 0 Å². The summed E-state index contributed by atoms with van der Waals surface area (Å²) >= 11 is 4.68. The molecule has 0 saturated carbocycles. The Labute approximate surface area is 130 Å². The molecule has 6 nitrogen and oxygen atoms in total. The van der Waals surface area contributed by atoms with Crippen molar-refractivity contribution in [3.05, 3.63) is 67.3 Å². The Morgan fingerprint density at radius 2 is 1.95 bits per heavy atom. The van der Waals surface area contributed by atoms with Gasteiger partial charge in [-0.3, -0.25) is 0 Å². The summed E-state index contributed by atoms with van der Waals surface area (Å²) in [5, 5.41) is 24.2. The van der Waals surface area contributed by atoms with Crippen molar-refractivity contribution in [2.24, 2.45) is 0 Å². The fourth-order valence-electron chi connectivity index (χ4n) is 1.45. The second kappa shape index (κ2) is 6.95. The summed E-state index contributed by atoms with van der Waals surface area (Å²) in [7, 11) is 0. The maximum absolute atomic E-state index is 12.1. The zero-order valence-electron chi connectivity index (χ0n) is 9.97. The molecule has 0 unspecified atom stereocenters. The number of benzene rings is 1. The summed E-state index contributed by atoms with van der Waals surface area (Å²) in [6.07, 6.45) is 3.10. The normalized spacial score (nSPS) is 10.8. The topological polar surface area (TPSA) is 92.5 Å². The third kappa shape index (κ3) is 4.12. The third-order valence-electron chi connectivity index (χ3n) is 2.30. The molecule has 1 aromatic carbocycles. The number of aromatic nitrogens is 1. The molecule has 8 heteroatoms. The number of nitrogens with one attached hydrogen (secondary N) is 2. The molecule has 0 atom stereocenters. The van der Waals surface area contributed by atoms with Gasteiger partial charge in [0.2, 0.25) is 0 Å². The van der Waals surface area contributed by atoms with Crippen molar-refractivity contribution in [1.29, 1.82) is 0 Å². The number of pyridine rings is 1. The number of rotatable bonds is 4. The number of anilines is 1. The SMILES string of the molecule is O=C(Nc1ccncc1)c1cc([I-][NH+]([O-])[O-])ccc1Cl. The van der Waals surface area contributed by atoms with E-state index in [0.717, 1.165) is 0 Å². The number of nitrogens with zero attached hydrogens (tertiary/aromatic N) is 1. The van der Waals surface area contributed by atoms with E-state index in [1.165, 1.54) is 12.1 Å². The van der Waals surface area contributed by atoms with Crippen LogP contribution in [-0.2, 0) is 0 Å². The second-order valence-electron chi connectivity index (χ2n) is 3.65. The average molecular weight is 406 g/mol. The number of halogens is 2. The van der Waals surface area contributed by atoms with Crippen LogP contribution in [0.3, 0.4) is 0 Å². The van der Waals surface area contributed by atoms with Crippen LogP contribution in [0.1, 0.15) is 10.4 Å². The molecule has 2 N–H and O–H groups in total. The molecule has 2 aromatic rings. The first-order valence-corrected chi connectivity index (χ1v) is 7.96. The molecule has 0 bridgehead atoms. The third-order valence-corrected chi connectivity index (χ3v) is 4.36. The Balaban J connectivity index is 2.20. The van der Waals surface area contributed by atoms with Crippen LogP contribution in [0.4, 0.5) is 5.69 Å². The zero-order valence-corrected chi connectivity index (χ0v) is 12.9. The number of carbonyl (C=O) groups is 1. The van der Waals surface area contributed by atoms with Crippen molar-refractivity contribution in [2.75, 3.05) is 5.32 Å². The Hall–Kier alpha value is -1.26. The summed E-state index contributed by atoms with van der Waals surface area (Å²) in [4.78, 5) is 16.0. The average Bonchev–Trinajstić information content (AvgIpc) is 2.41. The van der Waals surface area contributed by atoms with Crippen LogP contribution in [-0.4, -0.2) is 10.9 Å². The molecule has 1 aromatic heterocycles. The molecule has 20 heavy (non-hydrogen) atoms. The first-order valence-electron chi connectivity index (χ1n) is 5.43. The van der Waals surface area contributed by atoms with Crippen LogP contribution < -0.4 is 30.2 Å². The van der Waals surface area contributed by atoms with E-state index < -0.39 is 30.8 Å². The van der Waals surface area contributed by atoms with Crippen LogP contribution in [0, 0.1) is 14.0 Å². The standard InChI is InChI=1S/C12H9ClIN3O3/c13-11-2-1-8(14-17(19)20)7-10(11)12(18)16-9-3-5-15-6-4-9/h1-7,17H,(H,15,16,18)/q-2. The van der Waals surface area contributed by atoms with Gasteiger partial charge in [0, 0.05) is 0 Å². The number of carbonyl (C=O) groups excluding carboxylic acids is 1. The fourth-order valence-corrected chi connectivity index (χ4v) is 2.99. The van der Waals surface area contributed by atoms with E-state index in [2.05, 4.69) is 10.3 Å². The quantitative estimate of drug-likeness (QED) is 0.351. The summed E-state index contributed by atoms with van der Waals surface area (Å²) in [5.74, 6) is -0.398. The molecule has 1 amide bonds. The molecular formula is C12H9ClIN3O3-2. The Morgan fingerprint density at radius 1 is 1.25 bits per heavy atom. The van der Waals surface area contributed by atoms with E-state index in [-0.39, 0.29) is 10.6 Å². The van der Waals surface area contributed by atoms with Crippen LogP contribution in [0.15, 0.2) is 42.7 Å². The molecule has 0 aliphatic carbocycles. The summed E-state index contributed by atoms with van der Waals surface area (Å²) in [6.45, 7) is 0. The van der Waals surface area contributed by atoms with Crippen molar-refractivity contribution < 1.29 is 29.7 Å². The van der Waals surface area contributed by atoms with Crippen molar-refractivity contribution >= 4 is 23.2 Å². The minimum absolute atomic E-state index is 0.238. The van der Waals surface area contributed by atoms with E-state index in [1.54, 1.807) is 30.6 Å². The van der Waals surface area contributed by atoms with Gasteiger partial charge >= 0.3 is 131 Å². The van der Waals surface area contributed by atoms with Gasteiger partial charge in [-0.1, -0.05) is 0 Å². The number of amides is 1. The van der Waals surface area contributed by atoms with E-state index in [1.807, 2.05) is 0 Å². The molecule has 0 saturated heterocycles. The molecule has 0 aliphatic heterocycles. The monoisotopic (exact) mass is 405 g/mol. The predicted octanol–water partition coefficient (Wildman–Crippen LogP) is -1.96. The van der Waals surface area contributed by atoms with Crippen LogP contribution >= 0.6 is 11.6 Å². The Bertz CT molecular complexity index is 610. The van der Waals surface area contributed by atoms with E-state index >= 15 is 0 Å². The number of hydrogen-bond acceptors (Lipinski definition) is 4. The fraction of sp³-hybridized carbons (Fsp3) is 0. The van der Waals surface area contributed by atoms with Gasteiger partial charge in [-0.05, 0) is 0 Å². The number of hydrogen-bond donors (Lipinski definition) is 2. The molecule has 1 heterocycles. The second-order valence-corrected chi connectivity index (χ2v) is 6.72. The first kappa shape index (κ1) is 15.1. The molecular weight excluding hydrogens is 397 g/mol. The summed E-state index contributed by atoms with van der Waals surface area (Å²) < 4.78 is -0.542. The summed E-state index contributed by atoms with van der Waals surface area (Å²) in [5.41, 5.74) is 0.822. The zero-order chi connectivity index (χ0) is 14.5. The van der Waals surface area contributed by atoms with Gasteiger partial charge in [0.05, 0.1) is 0 Å². The van der Waals surface area contributed by atoms with E-state index in [4.69, 9.17) is 11.6 Å². The summed E-state index contributed by atoms with van der Waals surface area (Å²) in [6, 6.07) is 7.88. The van der Waals surface area contributed by atoms with Crippen LogP contribution in [0.25, 0.3) is 0 Å². The van der Waals surface area contributed by atoms with Crippen molar-refractivity contribution in [3.8, 4) is 0 Å². The van der Waals surface area contributed by atoms with Gasteiger partial charge in [0.15, 0.2) is 0 Å². The predicted molar refractivity (Wildman–Crippen MR) is 70.0 cm³/mol. The molecule has 2 rings (SSSR count). The Morgan fingerprint density at radius 3 is 2.60 bits per heavy atom. The van der Waals surface area contributed by atoms with E-state index in [9.17, 15) is 15.2 Å². The van der Waals surface area contributed by atoms with Gasteiger partial charge in [-0.15, -0.1) is 0 Å². The molecule has 0 aliphatic rings. The molecule has 0 fully saturated rings. The van der Waals surface area contributed by atoms with Gasteiger partial charge < -0.3 is 0 Å². The van der Waals surface area contributed by atoms with Gasteiger partial charge in [-0.25, -0.2) is 0 Å². The number of quaternary nitrogens is 1. The molecule has 0 radical (unpaired) electrons. The van der Waals surface area contributed by atoms with Crippen molar-refractivity contribution in [2.45, 2.75) is 0 Å². The molecule has 0 spiro atoms. The van der Waals surface area contributed by atoms with Crippen molar-refractivity contribution in [1.82, 2.24) is 4.98 Å². The maximum atomic E-state index is 12.1. The molecule has 106 valence electrons. The first-order chi connectivity index (χ1) is 9.56. The van der Waals surface area contributed by atoms with E-state index in [0.29, 0.717) is 9.26 Å². The van der Waals surface area contributed by atoms with Gasteiger partial charge in [0.25, 0.3) is 0 Å². The van der Waals surface area contributed by atoms with Crippen LogP contribution in [0.5, 0.6) is 0 Å². The van der Waals surface area contributed by atoms with Crippen LogP contribution in [0.2, 0.25) is 5.02 Å². The van der Waals surface area contributed by atoms with Crippen molar-refractivity contribution in [3.63, 3.8) is 0 Å². The Kier molecular flexibility index (Phi) is 5.26. The minimum atomic E-state index is -1.29. The van der Waals surface area contributed by atoms with Gasteiger partial charge in [0.1, 0.15) is 0 Å².